The van der Waals surface area contributed by atoms with Gasteiger partial charge in [0, 0.05) is 19.2 Å². The van der Waals surface area contributed by atoms with Crippen LogP contribution in [0.15, 0.2) is 30.5 Å². The van der Waals surface area contributed by atoms with Crippen molar-refractivity contribution in [2.75, 3.05) is 0 Å². The molecule has 1 aromatic carbocycles. The van der Waals surface area contributed by atoms with Gasteiger partial charge in [0.1, 0.15) is 5.56 Å². The molecule has 0 saturated heterocycles. The molecule has 0 spiro atoms. The molecule has 7 nitrogen and oxygen atoms in total. The molecule has 0 unspecified atom stereocenters. The summed E-state index contributed by atoms with van der Waals surface area (Å²) in [5.41, 5.74) is 1.45. The first-order chi connectivity index (χ1) is 11.6. The van der Waals surface area contributed by atoms with Crippen LogP contribution < -0.4 is 0 Å². The van der Waals surface area contributed by atoms with E-state index in [-0.39, 0.29) is 17.0 Å². The highest BCUT2D eigenvalue weighted by Crippen LogP contribution is 2.37. The predicted octanol–water partition coefficient (Wildman–Crippen LogP) is 2.06. The van der Waals surface area contributed by atoms with Crippen LogP contribution in [0, 0.1) is 0 Å². The first-order valence-corrected chi connectivity index (χ1v) is 7.80. The zero-order valence-corrected chi connectivity index (χ0v) is 13.1. The van der Waals surface area contributed by atoms with Crippen molar-refractivity contribution in [2.24, 2.45) is 7.05 Å². The molecule has 1 aliphatic heterocycles. The van der Waals surface area contributed by atoms with E-state index in [1.54, 1.807) is 30.1 Å². The van der Waals surface area contributed by atoms with Crippen LogP contribution in [-0.4, -0.2) is 32.6 Å². The average molecular weight is 325 g/mol. The van der Waals surface area contributed by atoms with Crippen LogP contribution in [-0.2, 0) is 11.9 Å². The Kier molecular flexibility index (Phi) is 3.23. The summed E-state index contributed by atoms with van der Waals surface area (Å²) in [6.45, 7) is 0. The van der Waals surface area contributed by atoms with E-state index >= 15 is 0 Å². The summed E-state index contributed by atoms with van der Waals surface area (Å²) in [5.74, 6) is -1.76. The average Bonchev–Trinajstić information content (AvgIpc) is 3.00. The number of amides is 2. The molecule has 1 saturated carbocycles. The fourth-order valence-corrected chi connectivity index (χ4v) is 3.03. The maximum Gasteiger partial charge on any atom is 0.367 e. The number of carbonyl (C=O) groups excluding carboxylic acids is 3. The molecule has 2 heterocycles. The van der Waals surface area contributed by atoms with Gasteiger partial charge in [-0.25, -0.2) is 4.79 Å². The number of rotatable bonds is 3. The quantitative estimate of drug-likeness (QED) is 0.807. The number of aromatic nitrogens is 2. The highest BCUT2D eigenvalue weighted by molar-refractivity contribution is 6.21. The first-order valence-electron chi connectivity index (χ1n) is 7.80. The van der Waals surface area contributed by atoms with Crippen LogP contribution >= 0.6 is 0 Å². The molecule has 7 heteroatoms. The van der Waals surface area contributed by atoms with Crippen molar-refractivity contribution in [1.82, 2.24) is 14.8 Å². The number of fused-ring (bicyclic) bond motifs is 1. The smallest absolute Gasteiger partial charge is 0.324 e. The molecular weight excluding hydrogens is 310 g/mol. The number of imide groups is 1. The summed E-state index contributed by atoms with van der Waals surface area (Å²) >= 11 is 0. The second kappa shape index (κ2) is 5.30. The molecule has 2 aromatic rings. The van der Waals surface area contributed by atoms with Crippen molar-refractivity contribution in [1.29, 1.82) is 0 Å². The lowest BCUT2D eigenvalue weighted by Gasteiger charge is -2.24. The van der Waals surface area contributed by atoms with Crippen molar-refractivity contribution in [2.45, 2.75) is 25.2 Å². The molecule has 2 aliphatic rings. The molecule has 0 radical (unpaired) electrons. The van der Waals surface area contributed by atoms with Crippen molar-refractivity contribution in [3.05, 3.63) is 52.8 Å². The largest absolute Gasteiger partial charge is 0.367 e. The minimum absolute atomic E-state index is 0.232. The van der Waals surface area contributed by atoms with E-state index in [9.17, 15) is 14.4 Å². The summed E-state index contributed by atoms with van der Waals surface area (Å²) in [7, 11) is 1.72. The minimum Gasteiger partial charge on any atom is -0.324 e. The van der Waals surface area contributed by atoms with Gasteiger partial charge in [-0.05, 0) is 25.0 Å². The maximum atomic E-state index is 12.5. The molecule has 1 fully saturated rings. The summed E-state index contributed by atoms with van der Waals surface area (Å²) in [4.78, 5) is 42.2. The van der Waals surface area contributed by atoms with Gasteiger partial charge in [-0.1, -0.05) is 23.6 Å². The van der Waals surface area contributed by atoms with Gasteiger partial charge in [-0.3, -0.25) is 14.3 Å². The Hall–Kier alpha value is -2.96. The fourth-order valence-electron chi connectivity index (χ4n) is 3.03. The number of benzene rings is 1. The number of hydrogen-bond donors (Lipinski definition) is 0. The lowest BCUT2D eigenvalue weighted by atomic mass is 9.82. The Labute approximate surface area is 137 Å². The van der Waals surface area contributed by atoms with Gasteiger partial charge >= 0.3 is 5.97 Å². The van der Waals surface area contributed by atoms with E-state index in [0.29, 0.717) is 16.3 Å². The third kappa shape index (κ3) is 2.12. The minimum atomic E-state index is -0.737. The Balaban J connectivity index is 1.60. The summed E-state index contributed by atoms with van der Waals surface area (Å²) in [6, 6.07) is 6.39. The molecule has 1 aromatic heterocycles. The molecule has 122 valence electrons. The summed E-state index contributed by atoms with van der Waals surface area (Å²) in [5, 5.41) is 4.87. The van der Waals surface area contributed by atoms with Crippen molar-refractivity contribution in [3.63, 3.8) is 0 Å². The van der Waals surface area contributed by atoms with Gasteiger partial charge in [0.15, 0.2) is 0 Å². The molecule has 1 aliphatic carbocycles. The van der Waals surface area contributed by atoms with E-state index in [2.05, 4.69) is 5.10 Å². The SMILES string of the molecule is Cn1cc(C(=O)ON2C(=O)c3ccccc3C2=O)c(C2CCC2)n1. The Morgan fingerprint density at radius 1 is 1.17 bits per heavy atom. The van der Waals surface area contributed by atoms with Crippen LogP contribution in [0.1, 0.15) is 61.9 Å². The predicted molar refractivity (Wildman–Crippen MR) is 82.2 cm³/mol. The van der Waals surface area contributed by atoms with Gasteiger partial charge in [-0.2, -0.15) is 5.10 Å². The van der Waals surface area contributed by atoms with E-state index in [0.717, 1.165) is 19.3 Å². The lowest BCUT2D eigenvalue weighted by Crippen LogP contribution is -2.33. The monoisotopic (exact) mass is 325 g/mol. The number of hydroxylamine groups is 2. The van der Waals surface area contributed by atoms with Crippen molar-refractivity contribution in [3.8, 4) is 0 Å². The Bertz CT molecular complexity index is 831. The van der Waals surface area contributed by atoms with Crippen LogP contribution in [0.3, 0.4) is 0 Å². The van der Waals surface area contributed by atoms with Gasteiger partial charge in [0.25, 0.3) is 11.8 Å². The topological polar surface area (TPSA) is 81.5 Å². The molecule has 24 heavy (non-hydrogen) atoms. The first kappa shape index (κ1) is 14.6. The molecular formula is C17H15N3O4. The highest BCUT2D eigenvalue weighted by Gasteiger charge is 2.39. The lowest BCUT2D eigenvalue weighted by molar-refractivity contribution is -0.0585. The number of carbonyl (C=O) groups is 3. The van der Waals surface area contributed by atoms with Gasteiger partial charge in [0.05, 0.1) is 16.8 Å². The fraction of sp³-hybridized carbons (Fsp3) is 0.294. The standard InChI is InChI=1S/C17H15N3O4/c1-19-9-13(14(18-19)10-5-4-6-10)17(23)24-20-15(21)11-7-2-3-8-12(11)16(20)22/h2-3,7-10H,4-6H2,1H3. The zero-order chi connectivity index (χ0) is 16.8. The van der Waals surface area contributed by atoms with Crippen LogP contribution in [0.25, 0.3) is 0 Å². The van der Waals surface area contributed by atoms with E-state index < -0.39 is 17.8 Å². The molecule has 0 atom stereocenters. The van der Waals surface area contributed by atoms with E-state index in [1.807, 2.05) is 0 Å². The van der Waals surface area contributed by atoms with Crippen LogP contribution in [0.2, 0.25) is 0 Å². The molecule has 0 bridgehead atoms. The second-order valence-corrected chi connectivity index (χ2v) is 6.06. The maximum absolute atomic E-state index is 12.5. The third-order valence-electron chi connectivity index (χ3n) is 4.50. The molecule has 2 amide bonds. The van der Waals surface area contributed by atoms with Gasteiger partial charge < -0.3 is 4.84 Å². The van der Waals surface area contributed by atoms with Crippen LogP contribution in [0.4, 0.5) is 0 Å². The van der Waals surface area contributed by atoms with E-state index in [4.69, 9.17) is 4.84 Å². The van der Waals surface area contributed by atoms with Gasteiger partial charge in [0.2, 0.25) is 0 Å². The Morgan fingerprint density at radius 3 is 2.33 bits per heavy atom. The summed E-state index contributed by atoms with van der Waals surface area (Å²) < 4.78 is 1.55. The third-order valence-corrected chi connectivity index (χ3v) is 4.50. The Morgan fingerprint density at radius 2 is 1.79 bits per heavy atom. The summed E-state index contributed by atoms with van der Waals surface area (Å²) in [6.07, 6.45) is 4.62. The van der Waals surface area contributed by atoms with E-state index in [1.165, 1.54) is 12.1 Å². The van der Waals surface area contributed by atoms with Crippen molar-refractivity contribution >= 4 is 17.8 Å². The molecule has 0 N–H and O–H groups in total. The number of nitrogens with zero attached hydrogens (tertiary/aromatic N) is 3. The van der Waals surface area contributed by atoms with Crippen LogP contribution in [0.5, 0.6) is 0 Å². The van der Waals surface area contributed by atoms with Crippen molar-refractivity contribution < 1.29 is 19.2 Å². The molecule has 4 rings (SSSR count). The van der Waals surface area contributed by atoms with Gasteiger partial charge in [-0.15, -0.1) is 0 Å². The number of aryl methyl sites for hydroxylation is 1. The normalized spacial score (nSPS) is 17.0. The highest BCUT2D eigenvalue weighted by atomic mass is 16.7. The zero-order valence-electron chi connectivity index (χ0n) is 13.1. The number of hydrogen-bond acceptors (Lipinski definition) is 5. The second-order valence-electron chi connectivity index (χ2n) is 6.06.